The summed E-state index contributed by atoms with van der Waals surface area (Å²) in [6.07, 6.45) is 0.834. The van der Waals surface area contributed by atoms with E-state index in [9.17, 15) is 0 Å². The van der Waals surface area contributed by atoms with Crippen molar-refractivity contribution >= 4 is 0 Å². The Morgan fingerprint density at radius 3 is 2.53 bits per heavy atom. The minimum absolute atomic E-state index is 0. The van der Waals surface area contributed by atoms with Gasteiger partial charge in [0.15, 0.2) is 6.29 Å². The SMILES string of the molecule is Cc1ccc(OC2C[C@@H](C)[CH-]O2)cc1.[Cs+]. The summed E-state index contributed by atoms with van der Waals surface area (Å²) in [7, 11) is 0. The topological polar surface area (TPSA) is 18.5 Å². The van der Waals surface area contributed by atoms with Crippen LogP contribution >= 0.6 is 0 Å². The van der Waals surface area contributed by atoms with Crippen LogP contribution in [0, 0.1) is 19.4 Å². The van der Waals surface area contributed by atoms with Gasteiger partial charge in [-0.1, -0.05) is 24.6 Å². The Balaban J connectivity index is 0.00000112. The van der Waals surface area contributed by atoms with Crippen molar-refractivity contribution in [1.82, 2.24) is 0 Å². The molecule has 2 nitrogen and oxygen atoms in total. The standard InChI is InChI=1S/C12H15O2.Cs/c1-9-3-5-11(6-4-9)14-12-7-10(2)8-13-12;/h3-6,8,10,12H,7H2,1-2H3;/q-1;+1/t10-,12?;/m1./s1. The van der Waals surface area contributed by atoms with Gasteiger partial charge >= 0.3 is 68.9 Å². The normalized spacial score (nSPS) is 24.7. The van der Waals surface area contributed by atoms with E-state index in [4.69, 9.17) is 9.47 Å². The van der Waals surface area contributed by atoms with Crippen LogP contribution in [-0.4, -0.2) is 6.29 Å². The molecule has 1 unspecified atom stereocenters. The van der Waals surface area contributed by atoms with Gasteiger partial charge in [-0.3, -0.25) is 0 Å². The van der Waals surface area contributed by atoms with Gasteiger partial charge in [-0.25, -0.2) is 6.61 Å². The van der Waals surface area contributed by atoms with E-state index in [2.05, 4.69) is 13.8 Å². The van der Waals surface area contributed by atoms with Crippen LogP contribution in [0.25, 0.3) is 0 Å². The Kier molecular flexibility index (Phi) is 6.29. The first-order valence-electron chi connectivity index (χ1n) is 4.96. The third-order valence-corrected chi connectivity index (χ3v) is 2.32. The van der Waals surface area contributed by atoms with Crippen molar-refractivity contribution in [2.45, 2.75) is 26.6 Å². The molecule has 1 aromatic carbocycles. The summed E-state index contributed by atoms with van der Waals surface area (Å²) in [4.78, 5) is 0. The quantitative estimate of drug-likeness (QED) is 0.709. The molecule has 2 rings (SSSR count). The summed E-state index contributed by atoms with van der Waals surface area (Å²) in [5.74, 6) is 1.37. The van der Waals surface area contributed by atoms with Crippen LogP contribution in [0.3, 0.4) is 0 Å². The number of hydrogen-bond acceptors (Lipinski definition) is 2. The van der Waals surface area contributed by atoms with E-state index in [0.29, 0.717) is 5.92 Å². The van der Waals surface area contributed by atoms with Crippen molar-refractivity contribution in [3.05, 3.63) is 36.4 Å². The van der Waals surface area contributed by atoms with Crippen molar-refractivity contribution in [3.63, 3.8) is 0 Å². The second kappa shape index (κ2) is 6.69. The van der Waals surface area contributed by atoms with Crippen LogP contribution in [0.5, 0.6) is 5.75 Å². The van der Waals surface area contributed by atoms with Crippen LogP contribution < -0.4 is 73.6 Å². The zero-order valence-corrected chi connectivity index (χ0v) is 15.8. The molecular weight excluding hydrogens is 309 g/mol. The average Bonchev–Trinajstić information content (AvgIpc) is 2.56. The summed E-state index contributed by atoms with van der Waals surface area (Å²) < 4.78 is 11.0. The maximum Gasteiger partial charge on any atom is 1.00 e. The van der Waals surface area contributed by atoms with E-state index < -0.39 is 0 Å². The van der Waals surface area contributed by atoms with E-state index in [1.165, 1.54) is 5.56 Å². The third-order valence-electron chi connectivity index (χ3n) is 2.32. The molecule has 0 spiro atoms. The van der Waals surface area contributed by atoms with Crippen LogP contribution in [0.15, 0.2) is 24.3 Å². The molecule has 2 atom stereocenters. The average molecular weight is 324 g/mol. The molecule has 1 saturated heterocycles. The molecule has 3 heteroatoms. The zero-order chi connectivity index (χ0) is 9.97. The second-order valence-corrected chi connectivity index (χ2v) is 3.85. The summed E-state index contributed by atoms with van der Waals surface area (Å²) in [6, 6.07) is 8.03. The van der Waals surface area contributed by atoms with Crippen molar-refractivity contribution in [1.29, 1.82) is 0 Å². The first kappa shape index (κ1) is 14.1. The van der Waals surface area contributed by atoms with Crippen molar-refractivity contribution < 1.29 is 78.4 Å². The van der Waals surface area contributed by atoms with Gasteiger partial charge in [-0.05, 0) is 25.5 Å². The molecule has 0 N–H and O–H groups in total. The van der Waals surface area contributed by atoms with Crippen LogP contribution in [0.4, 0.5) is 0 Å². The molecule has 0 radical (unpaired) electrons. The molecule has 0 aliphatic carbocycles. The summed E-state index contributed by atoms with van der Waals surface area (Å²) >= 11 is 0. The number of rotatable bonds is 2. The Morgan fingerprint density at radius 2 is 2.00 bits per heavy atom. The van der Waals surface area contributed by atoms with Crippen molar-refractivity contribution in [2.24, 2.45) is 5.92 Å². The Hall–Kier alpha value is 1.03. The van der Waals surface area contributed by atoms with Gasteiger partial charge in [0, 0.05) is 0 Å². The van der Waals surface area contributed by atoms with Crippen LogP contribution in [0.2, 0.25) is 0 Å². The van der Waals surface area contributed by atoms with Gasteiger partial charge < -0.3 is 9.47 Å². The fraction of sp³-hybridized carbons (Fsp3) is 0.417. The first-order chi connectivity index (χ1) is 6.74. The molecule has 0 amide bonds. The van der Waals surface area contributed by atoms with Crippen LogP contribution in [-0.2, 0) is 4.74 Å². The maximum absolute atomic E-state index is 5.65. The molecule has 15 heavy (non-hydrogen) atoms. The van der Waals surface area contributed by atoms with Gasteiger partial charge in [0.2, 0.25) is 0 Å². The van der Waals surface area contributed by atoms with Gasteiger partial charge in [-0.15, -0.1) is 5.92 Å². The second-order valence-electron chi connectivity index (χ2n) is 3.85. The summed E-state index contributed by atoms with van der Waals surface area (Å²) in [5.41, 5.74) is 1.24. The molecule has 0 bridgehead atoms. The third kappa shape index (κ3) is 4.42. The van der Waals surface area contributed by atoms with Gasteiger partial charge in [0.05, 0.1) is 0 Å². The predicted octanol–water partition coefficient (Wildman–Crippen LogP) is -0.0779. The van der Waals surface area contributed by atoms with E-state index in [-0.39, 0.29) is 75.2 Å². The number of benzene rings is 1. The Morgan fingerprint density at radius 1 is 1.33 bits per heavy atom. The fourth-order valence-electron chi connectivity index (χ4n) is 1.48. The molecular formula is C12H15CsO2. The molecule has 1 heterocycles. The Labute approximate surface area is 150 Å². The number of ether oxygens (including phenoxy) is 2. The largest absolute Gasteiger partial charge is 1.00 e. The summed E-state index contributed by atoms with van der Waals surface area (Å²) in [5, 5.41) is 0. The predicted molar refractivity (Wildman–Crippen MR) is 54.8 cm³/mol. The first-order valence-corrected chi connectivity index (χ1v) is 4.96. The number of aryl methyl sites for hydroxylation is 1. The van der Waals surface area contributed by atoms with Crippen LogP contribution in [0.1, 0.15) is 18.9 Å². The molecule has 0 saturated carbocycles. The Bertz CT molecular complexity index is 297. The zero-order valence-electron chi connectivity index (χ0n) is 9.57. The molecule has 1 aliphatic heterocycles. The van der Waals surface area contributed by atoms with E-state index in [1.807, 2.05) is 30.9 Å². The smallest absolute Gasteiger partial charge is 0.520 e. The van der Waals surface area contributed by atoms with Crippen molar-refractivity contribution in [3.8, 4) is 5.75 Å². The van der Waals surface area contributed by atoms with E-state index in [1.54, 1.807) is 0 Å². The molecule has 76 valence electrons. The van der Waals surface area contributed by atoms with E-state index in [0.717, 1.165) is 12.2 Å². The fourth-order valence-corrected chi connectivity index (χ4v) is 1.48. The molecule has 1 fully saturated rings. The molecule has 1 aromatic rings. The van der Waals surface area contributed by atoms with Gasteiger partial charge in [0.1, 0.15) is 5.75 Å². The van der Waals surface area contributed by atoms with Gasteiger partial charge in [0.25, 0.3) is 0 Å². The monoisotopic (exact) mass is 324 g/mol. The van der Waals surface area contributed by atoms with Gasteiger partial charge in [-0.2, -0.15) is 0 Å². The summed E-state index contributed by atoms with van der Waals surface area (Å²) in [6.45, 7) is 6.03. The van der Waals surface area contributed by atoms with Crippen molar-refractivity contribution in [2.75, 3.05) is 0 Å². The minimum Gasteiger partial charge on any atom is -0.520 e. The molecule has 1 aliphatic rings. The van der Waals surface area contributed by atoms with E-state index >= 15 is 0 Å². The number of hydrogen-bond donors (Lipinski definition) is 0. The minimum atomic E-state index is -0.104. The molecule has 0 aromatic heterocycles. The maximum atomic E-state index is 5.65.